The Kier molecular flexibility index (Phi) is 2.77. The molecule has 0 amide bonds. The SMILES string of the molecule is Cc1nccn1-c1ccc(C2(N=C=O)CC2)cc1Cl. The van der Waals surface area contributed by atoms with E-state index in [9.17, 15) is 4.79 Å². The van der Waals surface area contributed by atoms with Crippen molar-refractivity contribution in [2.24, 2.45) is 4.99 Å². The largest absolute Gasteiger partial charge is 0.302 e. The first kappa shape index (κ1) is 12.2. The van der Waals surface area contributed by atoms with Gasteiger partial charge in [-0.1, -0.05) is 17.7 Å². The fourth-order valence-electron chi connectivity index (χ4n) is 2.30. The highest BCUT2D eigenvalue weighted by atomic mass is 35.5. The van der Waals surface area contributed by atoms with E-state index in [2.05, 4.69) is 9.98 Å². The van der Waals surface area contributed by atoms with Crippen molar-refractivity contribution >= 4 is 17.7 Å². The van der Waals surface area contributed by atoms with Gasteiger partial charge < -0.3 is 4.57 Å². The lowest BCUT2D eigenvalue weighted by molar-refractivity contribution is 0.556. The molecule has 5 heteroatoms. The maximum absolute atomic E-state index is 10.5. The molecule has 1 aliphatic carbocycles. The van der Waals surface area contributed by atoms with Crippen molar-refractivity contribution < 1.29 is 4.79 Å². The first-order chi connectivity index (χ1) is 9.16. The highest BCUT2D eigenvalue weighted by molar-refractivity contribution is 6.32. The number of aliphatic imine (C=N–C) groups is 1. The van der Waals surface area contributed by atoms with Crippen LogP contribution < -0.4 is 0 Å². The fourth-order valence-corrected chi connectivity index (χ4v) is 2.57. The predicted molar refractivity (Wildman–Crippen MR) is 72.3 cm³/mol. The topological polar surface area (TPSA) is 47.2 Å². The van der Waals surface area contributed by atoms with Gasteiger partial charge in [0.15, 0.2) is 0 Å². The molecule has 19 heavy (non-hydrogen) atoms. The second-order valence-electron chi connectivity index (χ2n) is 4.75. The van der Waals surface area contributed by atoms with Gasteiger partial charge >= 0.3 is 0 Å². The Bertz CT molecular complexity index is 682. The van der Waals surface area contributed by atoms with Crippen molar-refractivity contribution in [1.29, 1.82) is 0 Å². The van der Waals surface area contributed by atoms with E-state index in [0.29, 0.717) is 5.02 Å². The minimum absolute atomic E-state index is 0.381. The number of carbonyl (C=O) groups excluding carboxylic acids is 1. The molecule has 1 heterocycles. The summed E-state index contributed by atoms with van der Waals surface area (Å²) >= 11 is 6.34. The summed E-state index contributed by atoms with van der Waals surface area (Å²) in [6, 6.07) is 5.78. The van der Waals surface area contributed by atoms with Crippen LogP contribution in [-0.4, -0.2) is 15.6 Å². The Labute approximate surface area is 115 Å². The summed E-state index contributed by atoms with van der Waals surface area (Å²) in [5.74, 6) is 0.877. The van der Waals surface area contributed by atoms with Crippen molar-refractivity contribution in [3.05, 3.63) is 47.0 Å². The van der Waals surface area contributed by atoms with Gasteiger partial charge in [0.2, 0.25) is 6.08 Å². The van der Waals surface area contributed by atoms with Crippen LogP contribution in [0.1, 0.15) is 24.2 Å². The monoisotopic (exact) mass is 273 g/mol. The number of aromatic nitrogens is 2. The molecule has 0 aliphatic heterocycles. The van der Waals surface area contributed by atoms with Gasteiger partial charge in [-0.2, -0.15) is 4.99 Å². The first-order valence-electron chi connectivity index (χ1n) is 6.06. The summed E-state index contributed by atoms with van der Waals surface area (Å²) in [5, 5.41) is 0.631. The molecule has 3 rings (SSSR count). The number of imidazole rings is 1. The molecule has 0 spiro atoms. The Balaban J connectivity index is 2.04. The number of nitrogens with zero attached hydrogens (tertiary/aromatic N) is 3. The minimum Gasteiger partial charge on any atom is -0.302 e. The summed E-state index contributed by atoms with van der Waals surface area (Å²) in [5.41, 5.74) is 1.47. The molecule has 1 aromatic heterocycles. The quantitative estimate of drug-likeness (QED) is 0.637. The minimum atomic E-state index is -0.381. The third kappa shape index (κ3) is 1.99. The molecule has 4 nitrogen and oxygen atoms in total. The Morgan fingerprint density at radius 2 is 2.26 bits per heavy atom. The maximum Gasteiger partial charge on any atom is 0.235 e. The second kappa shape index (κ2) is 4.34. The summed E-state index contributed by atoms with van der Waals surface area (Å²) in [7, 11) is 0. The van der Waals surface area contributed by atoms with Gasteiger partial charge in [0.05, 0.1) is 16.2 Å². The van der Waals surface area contributed by atoms with Crippen LogP contribution in [0.15, 0.2) is 35.6 Å². The molecule has 1 fully saturated rings. The van der Waals surface area contributed by atoms with Crippen molar-refractivity contribution in [2.45, 2.75) is 25.3 Å². The molecule has 0 N–H and O–H groups in total. The van der Waals surface area contributed by atoms with E-state index in [1.54, 1.807) is 12.3 Å². The van der Waals surface area contributed by atoms with Gasteiger partial charge in [-0.15, -0.1) is 0 Å². The zero-order valence-corrected chi connectivity index (χ0v) is 11.2. The fraction of sp³-hybridized carbons (Fsp3) is 0.286. The number of isocyanates is 1. The average Bonchev–Trinajstić information content (AvgIpc) is 3.05. The van der Waals surface area contributed by atoms with Crippen molar-refractivity contribution in [1.82, 2.24) is 9.55 Å². The van der Waals surface area contributed by atoms with Gasteiger partial charge in [-0.25, -0.2) is 9.78 Å². The van der Waals surface area contributed by atoms with E-state index in [1.807, 2.05) is 35.9 Å². The Morgan fingerprint density at radius 1 is 1.47 bits per heavy atom. The van der Waals surface area contributed by atoms with Crippen molar-refractivity contribution in [3.8, 4) is 5.69 Å². The number of benzene rings is 1. The van der Waals surface area contributed by atoms with E-state index in [4.69, 9.17) is 11.6 Å². The number of hydrogen-bond donors (Lipinski definition) is 0. The highest BCUT2D eigenvalue weighted by Gasteiger charge is 2.45. The van der Waals surface area contributed by atoms with Crippen LogP contribution in [0.3, 0.4) is 0 Å². The maximum atomic E-state index is 10.5. The van der Waals surface area contributed by atoms with Gasteiger partial charge in [0, 0.05) is 12.4 Å². The number of hydrogen-bond acceptors (Lipinski definition) is 3. The molecule has 0 saturated heterocycles. The molecule has 1 saturated carbocycles. The highest BCUT2D eigenvalue weighted by Crippen LogP contribution is 2.50. The van der Waals surface area contributed by atoms with Gasteiger partial charge in [0.25, 0.3) is 0 Å². The van der Waals surface area contributed by atoms with Crippen LogP contribution in [0.2, 0.25) is 5.02 Å². The lowest BCUT2D eigenvalue weighted by Gasteiger charge is -2.12. The third-order valence-corrected chi connectivity index (χ3v) is 3.86. The average molecular weight is 274 g/mol. The van der Waals surface area contributed by atoms with Crippen LogP contribution in [-0.2, 0) is 10.3 Å². The molecule has 0 bridgehead atoms. The van der Waals surface area contributed by atoms with Crippen LogP contribution >= 0.6 is 11.6 Å². The lowest BCUT2D eigenvalue weighted by Crippen LogP contribution is -2.04. The molecule has 1 aromatic carbocycles. The Morgan fingerprint density at radius 3 is 2.79 bits per heavy atom. The van der Waals surface area contributed by atoms with E-state index in [0.717, 1.165) is 29.9 Å². The smallest absolute Gasteiger partial charge is 0.235 e. The van der Waals surface area contributed by atoms with Gasteiger partial charge in [-0.05, 0) is 37.5 Å². The van der Waals surface area contributed by atoms with Gasteiger partial charge in [0.1, 0.15) is 5.82 Å². The number of halogens is 1. The predicted octanol–water partition coefficient (Wildman–Crippen LogP) is 3.16. The zero-order valence-electron chi connectivity index (χ0n) is 10.4. The standard InChI is InChI=1S/C14H12ClN3O/c1-10-16-6-7-18(10)13-3-2-11(8-12(13)15)14(4-5-14)17-9-19/h2-3,6-8H,4-5H2,1H3. The van der Waals surface area contributed by atoms with Crippen LogP contribution in [0.5, 0.6) is 0 Å². The molecule has 1 aliphatic rings. The lowest BCUT2D eigenvalue weighted by atomic mass is 10.1. The molecule has 0 radical (unpaired) electrons. The van der Waals surface area contributed by atoms with Gasteiger partial charge in [-0.3, -0.25) is 0 Å². The van der Waals surface area contributed by atoms with E-state index >= 15 is 0 Å². The normalized spacial score (nSPS) is 15.9. The molecule has 96 valence electrons. The molecular formula is C14H12ClN3O. The first-order valence-corrected chi connectivity index (χ1v) is 6.43. The van der Waals surface area contributed by atoms with Crippen LogP contribution in [0.4, 0.5) is 0 Å². The number of aryl methyl sites for hydroxylation is 1. The molecule has 0 atom stereocenters. The third-order valence-electron chi connectivity index (χ3n) is 3.55. The summed E-state index contributed by atoms with van der Waals surface area (Å²) < 4.78 is 1.93. The van der Waals surface area contributed by atoms with E-state index in [1.165, 1.54) is 0 Å². The zero-order chi connectivity index (χ0) is 13.5. The summed E-state index contributed by atoms with van der Waals surface area (Å²) in [4.78, 5) is 18.6. The summed E-state index contributed by atoms with van der Waals surface area (Å²) in [6.07, 6.45) is 7.01. The molecule has 0 unspecified atom stereocenters. The van der Waals surface area contributed by atoms with Crippen molar-refractivity contribution in [2.75, 3.05) is 0 Å². The van der Waals surface area contributed by atoms with Crippen LogP contribution in [0, 0.1) is 6.92 Å². The molecule has 2 aromatic rings. The molecular weight excluding hydrogens is 262 g/mol. The second-order valence-corrected chi connectivity index (χ2v) is 5.15. The van der Waals surface area contributed by atoms with Crippen LogP contribution in [0.25, 0.3) is 5.69 Å². The number of rotatable bonds is 3. The van der Waals surface area contributed by atoms with E-state index < -0.39 is 0 Å². The van der Waals surface area contributed by atoms with E-state index in [-0.39, 0.29) is 5.54 Å². The Hall–Kier alpha value is -1.90. The van der Waals surface area contributed by atoms with Crippen molar-refractivity contribution in [3.63, 3.8) is 0 Å². The summed E-state index contributed by atoms with van der Waals surface area (Å²) in [6.45, 7) is 1.92.